The number of nitrogens with zero attached hydrogens (tertiary/aromatic N) is 2. The first-order valence-electron chi connectivity index (χ1n) is 6.79. The van der Waals surface area contributed by atoms with Crippen molar-refractivity contribution < 1.29 is 10.0 Å². The molecule has 1 heterocycles. The molecular formula is C13H25N3O2. The highest BCUT2D eigenvalue weighted by Gasteiger charge is 2.32. The van der Waals surface area contributed by atoms with Crippen molar-refractivity contribution in [3.63, 3.8) is 0 Å². The third-order valence-electron chi connectivity index (χ3n) is 3.77. The fourth-order valence-electron chi connectivity index (χ4n) is 2.69. The first kappa shape index (κ1) is 14.8. The van der Waals surface area contributed by atoms with E-state index in [4.69, 9.17) is 10.9 Å². The quantitative estimate of drug-likeness (QED) is 0.348. The Morgan fingerprint density at radius 1 is 1.56 bits per heavy atom. The second-order valence-corrected chi connectivity index (χ2v) is 5.38. The SMILES string of the molecule is CCCC(C(=O)N1CCC(C)CC1C)C(N)=NO. The average Bonchev–Trinajstić information content (AvgIpc) is 2.34. The minimum absolute atomic E-state index is 0.00606. The van der Waals surface area contributed by atoms with Gasteiger partial charge in [0.15, 0.2) is 5.84 Å². The van der Waals surface area contributed by atoms with E-state index in [9.17, 15) is 4.79 Å². The van der Waals surface area contributed by atoms with Crippen LogP contribution in [0.3, 0.4) is 0 Å². The fourth-order valence-corrected chi connectivity index (χ4v) is 2.69. The van der Waals surface area contributed by atoms with Crippen molar-refractivity contribution in [2.24, 2.45) is 22.7 Å². The molecule has 5 heteroatoms. The molecule has 1 aliphatic heterocycles. The third-order valence-corrected chi connectivity index (χ3v) is 3.77. The number of nitrogens with two attached hydrogens (primary N) is 1. The van der Waals surface area contributed by atoms with Gasteiger partial charge in [0.25, 0.3) is 0 Å². The zero-order valence-electron chi connectivity index (χ0n) is 11.6. The Balaban J connectivity index is 2.76. The van der Waals surface area contributed by atoms with Gasteiger partial charge in [0, 0.05) is 12.6 Å². The van der Waals surface area contributed by atoms with Crippen molar-refractivity contribution >= 4 is 11.7 Å². The zero-order chi connectivity index (χ0) is 13.7. The lowest BCUT2D eigenvalue weighted by molar-refractivity contribution is -0.137. The van der Waals surface area contributed by atoms with Crippen LogP contribution in [0.2, 0.25) is 0 Å². The van der Waals surface area contributed by atoms with Crippen LogP contribution < -0.4 is 5.73 Å². The van der Waals surface area contributed by atoms with Crippen LogP contribution in [0.4, 0.5) is 0 Å². The lowest BCUT2D eigenvalue weighted by Crippen LogP contribution is -2.49. The predicted molar refractivity (Wildman–Crippen MR) is 71.4 cm³/mol. The Morgan fingerprint density at radius 3 is 2.72 bits per heavy atom. The van der Waals surface area contributed by atoms with E-state index in [0.717, 1.165) is 25.8 Å². The van der Waals surface area contributed by atoms with Crippen molar-refractivity contribution in [2.75, 3.05) is 6.54 Å². The highest BCUT2D eigenvalue weighted by molar-refractivity contribution is 6.02. The summed E-state index contributed by atoms with van der Waals surface area (Å²) in [5.41, 5.74) is 5.64. The minimum atomic E-state index is -0.476. The highest BCUT2D eigenvalue weighted by atomic mass is 16.4. The molecule has 104 valence electrons. The van der Waals surface area contributed by atoms with Crippen molar-refractivity contribution in [3.8, 4) is 0 Å². The van der Waals surface area contributed by atoms with Crippen molar-refractivity contribution in [3.05, 3.63) is 0 Å². The summed E-state index contributed by atoms with van der Waals surface area (Å²) in [6, 6.07) is 0.243. The predicted octanol–water partition coefficient (Wildman–Crippen LogP) is 1.80. The number of carbonyl (C=O) groups is 1. The number of oxime groups is 1. The van der Waals surface area contributed by atoms with E-state index in [0.29, 0.717) is 12.3 Å². The van der Waals surface area contributed by atoms with Crippen molar-refractivity contribution in [1.29, 1.82) is 0 Å². The molecule has 0 saturated carbocycles. The van der Waals surface area contributed by atoms with E-state index in [1.54, 1.807) is 0 Å². The Kier molecular flexibility index (Phi) is 5.44. The second kappa shape index (κ2) is 6.61. The second-order valence-electron chi connectivity index (χ2n) is 5.38. The molecule has 0 aliphatic carbocycles. The molecule has 3 atom stereocenters. The molecule has 5 nitrogen and oxygen atoms in total. The van der Waals surface area contributed by atoms with Crippen LogP contribution in [0.15, 0.2) is 5.16 Å². The summed E-state index contributed by atoms with van der Waals surface area (Å²) < 4.78 is 0. The van der Waals surface area contributed by atoms with E-state index in [-0.39, 0.29) is 17.8 Å². The number of likely N-dealkylation sites (tertiary alicyclic amines) is 1. The molecule has 18 heavy (non-hydrogen) atoms. The lowest BCUT2D eigenvalue weighted by Gasteiger charge is -2.38. The number of carbonyl (C=O) groups excluding carboxylic acids is 1. The van der Waals surface area contributed by atoms with Crippen LogP contribution in [-0.4, -0.2) is 34.4 Å². The smallest absolute Gasteiger partial charge is 0.233 e. The summed E-state index contributed by atoms with van der Waals surface area (Å²) in [6.07, 6.45) is 3.53. The van der Waals surface area contributed by atoms with Crippen LogP contribution in [0.1, 0.15) is 46.5 Å². The molecule has 1 rings (SSSR count). The molecule has 0 aromatic heterocycles. The molecule has 3 N–H and O–H groups in total. The number of rotatable bonds is 4. The van der Waals surface area contributed by atoms with Gasteiger partial charge in [-0.15, -0.1) is 0 Å². The number of hydrogen-bond acceptors (Lipinski definition) is 3. The van der Waals surface area contributed by atoms with Crippen LogP contribution in [0, 0.1) is 11.8 Å². The first-order valence-corrected chi connectivity index (χ1v) is 6.79. The van der Waals surface area contributed by atoms with E-state index >= 15 is 0 Å². The largest absolute Gasteiger partial charge is 0.409 e. The lowest BCUT2D eigenvalue weighted by atomic mass is 9.91. The first-order chi connectivity index (χ1) is 8.51. The molecule has 0 aromatic rings. The summed E-state index contributed by atoms with van der Waals surface area (Å²) in [6.45, 7) is 7.06. The van der Waals surface area contributed by atoms with E-state index in [1.807, 2.05) is 11.8 Å². The maximum Gasteiger partial charge on any atom is 0.233 e. The minimum Gasteiger partial charge on any atom is -0.409 e. The number of hydrogen-bond donors (Lipinski definition) is 2. The molecule has 0 aromatic carbocycles. The van der Waals surface area contributed by atoms with Gasteiger partial charge in [0.1, 0.15) is 0 Å². The summed E-state index contributed by atoms with van der Waals surface area (Å²) in [5, 5.41) is 11.8. The zero-order valence-corrected chi connectivity index (χ0v) is 11.6. The molecule has 3 unspecified atom stereocenters. The van der Waals surface area contributed by atoms with Crippen LogP contribution in [0.5, 0.6) is 0 Å². The molecular weight excluding hydrogens is 230 g/mol. The van der Waals surface area contributed by atoms with E-state index < -0.39 is 5.92 Å². The van der Waals surface area contributed by atoms with Gasteiger partial charge >= 0.3 is 0 Å². The number of amides is 1. The van der Waals surface area contributed by atoms with Crippen LogP contribution in [0.25, 0.3) is 0 Å². The van der Waals surface area contributed by atoms with Crippen LogP contribution >= 0.6 is 0 Å². The van der Waals surface area contributed by atoms with Gasteiger partial charge in [-0.25, -0.2) is 0 Å². The summed E-state index contributed by atoms with van der Waals surface area (Å²) >= 11 is 0. The van der Waals surface area contributed by atoms with Crippen LogP contribution in [-0.2, 0) is 4.79 Å². The van der Waals surface area contributed by atoms with Gasteiger partial charge in [0.2, 0.25) is 5.91 Å². The van der Waals surface area contributed by atoms with Crippen molar-refractivity contribution in [2.45, 2.75) is 52.5 Å². The molecule has 1 fully saturated rings. The fraction of sp³-hybridized carbons (Fsp3) is 0.846. The highest BCUT2D eigenvalue weighted by Crippen LogP contribution is 2.24. The normalized spacial score (nSPS) is 27.1. The monoisotopic (exact) mass is 255 g/mol. The third kappa shape index (κ3) is 3.37. The van der Waals surface area contributed by atoms with Gasteiger partial charge in [0.05, 0.1) is 5.92 Å². The molecule has 0 bridgehead atoms. The average molecular weight is 255 g/mol. The van der Waals surface area contributed by atoms with Gasteiger partial charge < -0.3 is 15.8 Å². The Morgan fingerprint density at radius 2 is 2.22 bits per heavy atom. The van der Waals surface area contributed by atoms with Gasteiger partial charge in [-0.05, 0) is 32.1 Å². The van der Waals surface area contributed by atoms with E-state index in [1.165, 1.54) is 0 Å². The van der Waals surface area contributed by atoms with Gasteiger partial charge in [-0.2, -0.15) is 0 Å². The molecule has 1 aliphatic rings. The maximum atomic E-state index is 12.5. The van der Waals surface area contributed by atoms with Gasteiger partial charge in [-0.1, -0.05) is 25.4 Å². The number of piperidine rings is 1. The van der Waals surface area contributed by atoms with Gasteiger partial charge in [-0.3, -0.25) is 4.79 Å². The Bertz CT molecular complexity index is 317. The van der Waals surface area contributed by atoms with Crippen molar-refractivity contribution in [1.82, 2.24) is 4.90 Å². The summed E-state index contributed by atoms with van der Waals surface area (Å²) in [4.78, 5) is 14.3. The molecule has 0 radical (unpaired) electrons. The standard InChI is InChI=1S/C13H25N3O2/c1-4-5-11(12(14)15-18)13(17)16-7-6-9(2)8-10(16)3/h9-11,18H,4-8H2,1-3H3,(H2,14,15). The summed E-state index contributed by atoms with van der Waals surface area (Å²) in [5.74, 6) is 0.229. The molecule has 0 spiro atoms. The molecule has 1 saturated heterocycles. The maximum absolute atomic E-state index is 12.5. The topological polar surface area (TPSA) is 78.9 Å². The molecule has 1 amide bonds. The Labute approximate surface area is 109 Å². The number of amidine groups is 1. The Hall–Kier alpha value is -1.26. The summed E-state index contributed by atoms with van der Waals surface area (Å²) in [7, 11) is 0. The van der Waals surface area contributed by atoms with E-state index in [2.05, 4.69) is 19.0 Å².